The molecule has 0 saturated carbocycles. The highest BCUT2D eigenvalue weighted by molar-refractivity contribution is 6.05. The Morgan fingerprint density at radius 3 is 1.91 bits per heavy atom. The first kappa shape index (κ1) is 38.7. The summed E-state index contributed by atoms with van der Waals surface area (Å²) in [5.74, 6) is -0.661. The molecule has 0 radical (unpaired) electrons. The van der Waals surface area contributed by atoms with E-state index in [1.165, 1.54) is 11.1 Å². The van der Waals surface area contributed by atoms with E-state index >= 15 is 0 Å². The Balaban J connectivity index is 0.856. The number of rotatable bonds is 15. The first-order valence-electron chi connectivity index (χ1n) is 18.7. The van der Waals surface area contributed by atoms with E-state index in [9.17, 15) is 19.6 Å². The summed E-state index contributed by atoms with van der Waals surface area (Å²) >= 11 is 0. The van der Waals surface area contributed by atoms with Crippen molar-refractivity contribution in [1.29, 1.82) is 0 Å². The molecule has 0 unspecified atom stereocenters. The van der Waals surface area contributed by atoms with E-state index in [1.54, 1.807) is 48.5 Å². The summed E-state index contributed by atoms with van der Waals surface area (Å²) in [6.45, 7) is 9.51. The number of carbonyl (C=O) groups excluding carboxylic acids is 3. The lowest BCUT2D eigenvalue weighted by Gasteiger charge is -2.42. The van der Waals surface area contributed by atoms with Crippen LogP contribution in [-0.4, -0.2) is 36.2 Å². The Morgan fingerprint density at radius 2 is 1.29 bits per heavy atom. The third-order valence-corrected chi connectivity index (χ3v) is 10.2. The number of amides is 1. The van der Waals surface area contributed by atoms with Gasteiger partial charge >= 0.3 is 11.9 Å². The van der Waals surface area contributed by atoms with Gasteiger partial charge in [-0.15, -0.1) is 0 Å². The monoisotopic (exact) mass is 745 g/mol. The fourth-order valence-corrected chi connectivity index (χ4v) is 6.72. The molecule has 286 valence electrons. The number of fused-ring (bicyclic) bond motifs is 1. The molecule has 1 heterocycles. The molecule has 6 rings (SSSR count). The van der Waals surface area contributed by atoms with Crippen LogP contribution in [0.4, 0.5) is 5.69 Å². The van der Waals surface area contributed by atoms with Crippen LogP contribution in [0.25, 0.3) is 11.3 Å². The van der Waals surface area contributed by atoms with Crippen molar-refractivity contribution in [1.82, 2.24) is 5.16 Å². The van der Waals surface area contributed by atoms with Gasteiger partial charge in [-0.2, -0.15) is 0 Å². The first-order valence-corrected chi connectivity index (χ1v) is 18.7. The van der Waals surface area contributed by atoms with Gasteiger partial charge < -0.3 is 24.7 Å². The number of carbonyl (C=O) groups is 3. The van der Waals surface area contributed by atoms with Crippen LogP contribution in [-0.2, 0) is 26.9 Å². The molecule has 0 aliphatic heterocycles. The van der Waals surface area contributed by atoms with Gasteiger partial charge in [0.1, 0.15) is 5.75 Å². The zero-order valence-corrected chi connectivity index (χ0v) is 31.8. The maximum atomic E-state index is 13.0. The molecule has 1 aliphatic carbocycles. The predicted molar refractivity (Wildman–Crippen MR) is 207 cm³/mol. The molecule has 1 aliphatic rings. The smallest absolute Gasteiger partial charge is 0.338 e. The van der Waals surface area contributed by atoms with Crippen molar-refractivity contribution in [3.05, 3.63) is 136 Å². The van der Waals surface area contributed by atoms with Crippen LogP contribution in [0.3, 0.4) is 0 Å². The van der Waals surface area contributed by atoms with Crippen LogP contribution in [0.15, 0.2) is 102 Å². The molecule has 0 atom stereocenters. The van der Waals surface area contributed by atoms with Gasteiger partial charge in [0.15, 0.2) is 6.61 Å². The number of ether oxygens (including phenoxy) is 3. The standard InChI is InChI=1S/C44H47N3O8/c1-43(2)24-25-44(3,4)37-28-34(20-23-36(37)43)45-40(48)31-14-16-32(17-15-31)41(49)52-26-10-5-6-11-27-53-42(50)33-18-21-35(22-19-33)54-29-38-39(46-55-47(38)51)30-12-8-7-9-13-30/h7-9,12-23,28H,5-6,10-11,24-27,29H2,1-4H3,(H,45,48). The van der Waals surface area contributed by atoms with E-state index in [1.807, 2.05) is 36.4 Å². The predicted octanol–water partition coefficient (Wildman–Crippen LogP) is 8.73. The van der Waals surface area contributed by atoms with Gasteiger partial charge in [-0.1, -0.05) is 64.1 Å². The molecule has 0 saturated heterocycles. The number of aromatic nitrogens is 2. The molecule has 1 N–H and O–H groups in total. The number of esters is 2. The molecule has 11 heteroatoms. The third kappa shape index (κ3) is 9.59. The number of hydrogen-bond acceptors (Lipinski definition) is 9. The average molecular weight is 746 g/mol. The minimum absolute atomic E-state index is 0.0390. The van der Waals surface area contributed by atoms with E-state index in [0.29, 0.717) is 45.9 Å². The Bertz CT molecular complexity index is 2110. The van der Waals surface area contributed by atoms with Crippen molar-refractivity contribution in [2.24, 2.45) is 0 Å². The summed E-state index contributed by atoms with van der Waals surface area (Å²) in [7, 11) is 0. The number of hydrogen-bond donors (Lipinski definition) is 1. The Kier molecular flexibility index (Phi) is 12.0. The lowest BCUT2D eigenvalue weighted by Crippen LogP contribution is -2.33. The molecule has 4 aromatic carbocycles. The Labute approximate surface area is 321 Å². The van der Waals surface area contributed by atoms with Crippen molar-refractivity contribution < 1.29 is 38.1 Å². The summed E-state index contributed by atoms with van der Waals surface area (Å²) in [5.41, 5.74) is 6.08. The molecule has 0 spiro atoms. The van der Waals surface area contributed by atoms with Crippen molar-refractivity contribution in [3.63, 3.8) is 0 Å². The fourth-order valence-electron chi connectivity index (χ4n) is 6.72. The minimum Gasteiger partial charge on any atom is -0.485 e. The van der Waals surface area contributed by atoms with E-state index in [0.717, 1.165) is 36.9 Å². The summed E-state index contributed by atoms with van der Waals surface area (Å²) < 4.78 is 21.4. The van der Waals surface area contributed by atoms with Gasteiger partial charge in [0.25, 0.3) is 11.6 Å². The zero-order chi connectivity index (χ0) is 39.0. The highest BCUT2D eigenvalue weighted by Crippen LogP contribution is 2.46. The summed E-state index contributed by atoms with van der Waals surface area (Å²) in [6, 6.07) is 28.3. The maximum Gasteiger partial charge on any atom is 0.338 e. The molecular formula is C44H47N3O8. The van der Waals surface area contributed by atoms with E-state index in [4.69, 9.17) is 18.8 Å². The van der Waals surface area contributed by atoms with E-state index in [-0.39, 0.29) is 42.3 Å². The maximum absolute atomic E-state index is 13.0. The van der Waals surface area contributed by atoms with Crippen molar-refractivity contribution >= 4 is 23.5 Å². The molecule has 1 amide bonds. The topological polar surface area (TPSA) is 144 Å². The second kappa shape index (κ2) is 17.0. The molecule has 0 bridgehead atoms. The highest BCUT2D eigenvalue weighted by Gasteiger charge is 2.37. The number of nitrogens with one attached hydrogen (secondary N) is 1. The van der Waals surface area contributed by atoms with Gasteiger partial charge in [-0.05, 0) is 126 Å². The molecular weight excluding hydrogens is 698 g/mol. The van der Waals surface area contributed by atoms with Gasteiger partial charge in [0.2, 0.25) is 5.69 Å². The van der Waals surface area contributed by atoms with Crippen LogP contribution in [0.1, 0.15) is 114 Å². The number of benzene rings is 4. The zero-order valence-electron chi connectivity index (χ0n) is 31.8. The van der Waals surface area contributed by atoms with E-state index < -0.39 is 11.9 Å². The quantitative estimate of drug-likeness (QED) is 0.0632. The summed E-state index contributed by atoms with van der Waals surface area (Å²) in [6.07, 6.45) is 5.16. The van der Waals surface area contributed by atoms with Crippen LogP contribution < -0.4 is 15.0 Å². The lowest BCUT2D eigenvalue weighted by molar-refractivity contribution is -0.808. The second-order valence-electron chi connectivity index (χ2n) is 15.2. The van der Waals surface area contributed by atoms with Gasteiger partial charge in [-0.25, -0.2) is 9.59 Å². The number of nitrogens with zero attached hydrogens (tertiary/aromatic N) is 2. The van der Waals surface area contributed by atoms with E-state index in [2.05, 4.69) is 50.3 Å². The van der Waals surface area contributed by atoms with Crippen molar-refractivity contribution in [2.75, 3.05) is 18.5 Å². The molecule has 55 heavy (non-hydrogen) atoms. The van der Waals surface area contributed by atoms with Crippen LogP contribution in [0.5, 0.6) is 5.75 Å². The molecule has 0 fully saturated rings. The molecule has 1 aromatic heterocycles. The minimum atomic E-state index is -0.446. The highest BCUT2D eigenvalue weighted by atomic mass is 16.8. The van der Waals surface area contributed by atoms with Crippen molar-refractivity contribution in [3.8, 4) is 17.0 Å². The average Bonchev–Trinajstić information content (AvgIpc) is 3.56. The Hall–Kier alpha value is -5.97. The van der Waals surface area contributed by atoms with Crippen LogP contribution >= 0.6 is 0 Å². The number of unbranched alkanes of at least 4 members (excludes halogenated alkanes) is 3. The summed E-state index contributed by atoms with van der Waals surface area (Å²) in [4.78, 5) is 38.5. The largest absolute Gasteiger partial charge is 0.485 e. The van der Waals surface area contributed by atoms with Crippen molar-refractivity contribution in [2.45, 2.75) is 83.7 Å². The first-order chi connectivity index (χ1) is 26.4. The van der Waals surface area contributed by atoms with Gasteiger partial charge in [0.05, 0.1) is 24.3 Å². The third-order valence-electron chi connectivity index (χ3n) is 10.2. The number of anilines is 1. The van der Waals surface area contributed by atoms with Crippen LogP contribution in [0, 0.1) is 5.21 Å². The fraction of sp³-hybridized carbons (Fsp3) is 0.341. The van der Waals surface area contributed by atoms with Crippen LogP contribution in [0.2, 0.25) is 0 Å². The van der Waals surface area contributed by atoms with Gasteiger partial charge in [0, 0.05) is 22.0 Å². The molecule has 11 nitrogen and oxygen atoms in total. The normalized spacial score (nSPS) is 14.0. The molecule has 5 aromatic rings. The second-order valence-corrected chi connectivity index (χ2v) is 15.2. The SMILES string of the molecule is CC1(C)CCC(C)(C)c2cc(NC(=O)c3ccc(C(=O)OCCCCCCOC(=O)c4ccc(OCc5c(-c6ccccc6)no[n+]5[O-])cc4)cc3)ccc21. The van der Waals surface area contributed by atoms with Gasteiger partial charge in [-0.3, -0.25) is 9.42 Å². The Morgan fingerprint density at radius 1 is 0.727 bits per heavy atom. The lowest BCUT2D eigenvalue weighted by atomic mass is 9.63. The summed E-state index contributed by atoms with van der Waals surface area (Å²) in [5, 5.41) is 18.9.